The van der Waals surface area contributed by atoms with Gasteiger partial charge >= 0.3 is 18.5 Å². The Hall–Kier alpha value is -1.45. The van der Waals surface area contributed by atoms with Crippen LogP contribution in [-0.2, 0) is 18.5 Å². The van der Waals surface area contributed by atoms with E-state index in [2.05, 4.69) is 0 Å². The minimum atomic E-state index is -5.70. The second-order valence-electron chi connectivity index (χ2n) is 3.71. The number of hydrogen-bond acceptors (Lipinski definition) is 1. The van der Waals surface area contributed by atoms with Gasteiger partial charge in [0.25, 0.3) is 5.24 Å². The first-order valence-electron chi connectivity index (χ1n) is 4.75. The number of carbonyl (C=O) groups excluding carboxylic acids is 1. The van der Waals surface area contributed by atoms with Crippen molar-refractivity contribution >= 4 is 16.8 Å². The standard InChI is InChI=1S/C10H2ClF9O/c11-7(21)3-1-5(9(15,16)17)6(10(18,19)20)2-4(3)8(12,13)14/h1-2H. The summed E-state index contributed by atoms with van der Waals surface area (Å²) < 4.78 is 113. The predicted octanol–water partition coefficient (Wildman–Crippen LogP) is 5.12. The van der Waals surface area contributed by atoms with Crippen molar-refractivity contribution in [1.82, 2.24) is 0 Å². The second-order valence-corrected chi connectivity index (χ2v) is 4.05. The van der Waals surface area contributed by atoms with E-state index in [4.69, 9.17) is 11.6 Å². The molecule has 0 aliphatic heterocycles. The van der Waals surface area contributed by atoms with Crippen LogP contribution in [0.3, 0.4) is 0 Å². The van der Waals surface area contributed by atoms with Gasteiger partial charge in [-0.2, -0.15) is 39.5 Å². The number of carbonyl (C=O) groups is 1. The van der Waals surface area contributed by atoms with Crippen molar-refractivity contribution in [3.05, 3.63) is 34.4 Å². The van der Waals surface area contributed by atoms with Crippen molar-refractivity contribution in [1.29, 1.82) is 0 Å². The minimum Gasteiger partial charge on any atom is -0.276 e. The van der Waals surface area contributed by atoms with Gasteiger partial charge in [0.05, 0.1) is 16.7 Å². The Morgan fingerprint density at radius 1 is 0.714 bits per heavy atom. The van der Waals surface area contributed by atoms with Crippen molar-refractivity contribution in [3.8, 4) is 0 Å². The van der Waals surface area contributed by atoms with Crippen molar-refractivity contribution < 1.29 is 44.3 Å². The van der Waals surface area contributed by atoms with E-state index in [1.165, 1.54) is 0 Å². The highest BCUT2D eigenvalue weighted by Crippen LogP contribution is 2.44. The molecule has 0 spiro atoms. The summed E-state index contributed by atoms with van der Waals surface area (Å²) in [6.45, 7) is 0. The molecule has 0 atom stereocenters. The SMILES string of the molecule is O=C(Cl)c1cc(C(F)(F)F)c(C(F)(F)F)cc1C(F)(F)F. The van der Waals surface area contributed by atoms with Gasteiger partial charge in [-0.25, -0.2) is 0 Å². The lowest BCUT2D eigenvalue weighted by molar-refractivity contribution is -0.163. The molecule has 21 heavy (non-hydrogen) atoms. The maximum absolute atomic E-state index is 12.5. The Labute approximate surface area is 115 Å². The summed E-state index contributed by atoms with van der Waals surface area (Å²) in [7, 11) is 0. The van der Waals surface area contributed by atoms with Crippen molar-refractivity contribution in [2.75, 3.05) is 0 Å². The van der Waals surface area contributed by atoms with Crippen LogP contribution in [-0.4, -0.2) is 5.24 Å². The summed E-state index contributed by atoms with van der Waals surface area (Å²) >= 11 is 4.72. The van der Waals surface area contributed by atoms with Crippen LogP contribution in [0, 0.1) is 0 Å². The third-order valence-corrected chi connectivity index (χ3v) is 2.49. The lowest BCUT2D eigenvalue weighted by Crippen LogP contribution is -2.21. The molecule has 0 aromatic heterocycles. The fraction of sp³-hybridized carbons (Fsp3) is 0.300. The Morgan fingerprint density at radius 2 is 1.05 bits per heavy atom. The van der Waals surface area contributed by atoms with Crippen LogP contribution in [0.4, 0.5) is 39.5 Å². The van der Waals surface area contributed by atoms with E-state index in [9.17, 15) is 44.3 Å². The molecular formula is C10H2ClF9O. The fourth-order valence-corrected chi connectivity index (χ4v) is 1.62. The lowest BCUT2D eigenvalue weighted by atomic mass is 9.97. The van der Waals surface area contributed by atoms with E-state index in [0.717, 1.165) is 0 Å². The van der Waals surface area contributed by atoms with Gasteiger partial charge in [-0.15, -0.1) is 0 Å². The second kappa shape index (κ2) is 5.08. The molecule has 1 nitrogen and oxygen atoms in total. The van der Waals surface area contributed by atoms with Gasteiger partial charge in [0.2, 0.25) is 0 Å². The third kappa shape index (κ3) is 3.80. The van der Waals surface area contributed by atoms with Crippen LogP contribution in [0.5, 0.6) is 0 Å². The number of alkyl halides is 9. The topological polar surface area (TPSA) is 17.1 Å². The van der Waals surface area contributed by atoms with Crippen LogP contribution in [0.15, 0.2) is 12.1 Å². The molecule has 1 rings (SSSR count). The molecule has 0 radical (unpaired) electrons. The zero-order valence-corrected chi connectivity index (χ0v) is 10.1. The van der Waals surface area contributed by atoms with Gasteiger partial charge in [0.1, 0.15) is 0 Å². The molecule has 0 bridgehead atoms. The first-order valence-corrected chi connectivity index (χ1v) is 5.13. The first kappa shape index (κ1) is 17.6. The van der Waals surface area contributed by atoms with Gasteiger partial charge in [-0.05, 0) is 23.7 Å². The molecule has 0 amide bonds. The molecule has 0 aliphatic rings. The average Bonchev–Trinajstić information content (AvgIpc) is 2.23. The smallest absolute Gasteiger partial charge is 0.276 e. The highest BCUT2D eigenvalue weighted by Gasteiger charge is 2.47. The molecule has 118 valence electrons. The molecule has 0 fully saturated rings. The quantitative estimate of drug-likeness (QED) is 0.510. The van der Waals surface area contributed by atoms with Crippen molar-refractivity contribution in [2.45, 2.75) is 18.5 Å². The third-order valence-electron chi connectivity index (χ3n) is 2.29. The van der Waals surface area contributed by atoms with E-state index in [-0.39, 0.29) is 0 Å². The molecule has 1 aromatic rings. The molecule has 0 saturated heterocycles. The zero-order chi connectivity index (χ0) is 16.8. The Morgan fingerprint density at radius 3 is 1.33 bits per heavy atom. The Balaban J connectivity index is 3.84. The van der Waals surface area contributed by atoms with Crippen molar-refractivity contribution in [3.63, 3.8) is 0 Å². The van der Waals surface area contributed by atoms with Gasteiger partial charge in [-0.3, -0.25) is 4.79 Å². The van der Waals surface area contributed by atoms with Crippen LogP contribution < -0.4 is 0 Å². The largest absolute Gasteiger partial charge is 0.417 e. The highest BCUT2D eigenvalue weighted by atomic mass is 35.5. The van der Waals surface area contributed by atoms with E-state index >= 15 is 0 Å². The lowest BCUT2D eigenvalue weighted by Gasteiger charge is -2.19. The van der Waals surface area contributed by atoms with Gasteiger partial charge in [0, 0.05) is 5.56 Å². The predicted molar refractivity (Wildman–Crippen MR) is 51.6 cm³/mol. The van der Waals surface area contributed by atoms with E-state index in [1.54, 1.807) is 0 Å². The van der Waals surface area contributed by atoms with Gasteiger partial charge < -0.3 is 0 Å². The molecule has 0 saturated carbocycles. The molecular weight excluding hydrogens is 343 g/mol. The number of hydrogen-bond donors (Lipinski definition) is 0. The minimum absolute atomic E-state index is 0.555. The van der Waals surface area contributed by atoms with Gasteiger partial charge in [-0.1, -0.05) is 0 Å². The normalized spacial score (nSPS) is 13.4. The molecule has 0 unspecified atom stereocenters. The Bertz CT molecular complexity index is 568. The summed E-state index contributed by atoms with van der Waals surface area (Å²) in [5, 5.41) is -1.96. The maximum Gasteiger partial charge on any atom is 0.417 e. The summed E-state index contributed by atoms with van der Waals surface area (Å²) in [5.41, 5.74) is -8.87. The molecule has 0 aliphatic carbocycles. The van der Waals surface area contributed by atoms with E-state index in [1.807, 2.05) is 0 Å². The van der Waals surface area contributed by atoms with Crippen LogP contribution >= 0.6 is 11.6 Å². The highest BCUT2D eigenvalue weighted by molar-refractivity contribution is 6.68. The molecule has 0 heterocycles. The number of halogens is 10. The van der Waals surface area contributed by atoms with E-state index in [0.29, 0.717) is 0 Å². The summed E-state index contributed by atoms with van der Waals surface area (Å²) in [5.74, 6) is 0. The van der Waals surface area contributed by atoms with E-state index < -0.39 is 58.2 Å². The van der Waals surface area contributed by atoms with Crippen molar-refractivity contribution in [2.24, 2.45) is 0 Å². The van der Waals surface area contributed by atoms with Gasteiger partial charge in [0.15, 0.2) is 0 Å². The first-order chi connectivity index (χ1) is 9.15. The molecule has 11 heteroatoms. The van der Waals surface area contributed by atoms with Crippen LogP contribution in [0.2, 0.25) is 0 Å². The van der Waals surface area contributed by atoms with Crippen LogP contribution in [0.1, 0.15) is 27.0 Å². The van der Waals surface area contributed by atoms with Crippen LogP contribution in [0.25, 0.3) is 0 Å². The summed E-state index contributed by atoms with van der Waals surface area (Å²) in [6.07, 6.45) is -16.8. The summed E-state index contributed by atoms with van der Waals surface area (Å²) in [6, 6.07) is -1.33. The summed E-state index contributed by atoms with van der Waals surface area (Å²) in [4.78, 5) is 10.8. The average molecular weight is 345 g/mol. The number of rotatable bonds is 1. The zero-order valence-electron chi connectivity index (χ0n) is 9.34. The maximum atomic E-state index is 12.5. The monoisotopic (exact) mass is 344 g/mol. The molecule has 1 aromatic carbocycles. The Kier molecular flexibility index (Phi) is 4.25. The number of benzene rings is 1. The fourth-order valence-electron chi connectivity index (χ4n) is 1.47. The molecule has 0 N–H and O–H groups in total.